The van der Waals surface area contributed by atoms with Crippen molar-refractivity contribution < 1.29 is 42.1 Å². The van der Waals surface area contributed by atoms with E-state index in [1.165, 1.54) is 29.2 Å². The van der Waals surface area contributed by atoms with Crippen LogP contribution in [0.3, 0.4) is 0 Å². The highest BCUT2D eigenvalue weighted by molar-refractivity contribution is 7.11. The molecule has 2 saturated heterocycles. The summed E-state index contributed by atoms with van der Waals surface area (Å²) < 4.78 is 65.3. The molecular weight excluding hydrogens is 606 g/mol. The van der Waals surface area contributed by atoms with Gasteiger partial charge in [0.15, 0.2) is 28.1 Å². The first-order valence-electron chi connectivity index (χ1n) is 14.2. The number of aliphatic imine (C=N–C) groups is 1. The molecule has 1 aromatic heterocycles. The van der Waals surface area contributed by atoms with E-state index in [4.69, 9.17) is 4.74 Å². The first-order valence-corrected chi connectivity index (χ1v) is 15.0. The molecule has 3 aliphatic rings. The number of rotatable bonds is 10. The molecule has 0 bridgehead atoms. The predicted octanol–water partition coefficient (Wildman–Crippen LogP) is 3.26. The van der Waals surface area contributed by atoms with E-state index in [9.17, 15) is 28.6 Å². The van der Waals surface area contributed by atoms with Crippen LogP contribution in [0.5, 0.6) is 0 Å². The van der Waals surface area contributed by atoms with Crippen LogP contribution >= 0.6 is 11.3 Å². The lowest BCUT2D eigenvalue weighted by Crippen LogP contribution is -2.48. The van der Waals surface area contributed by atoms with Crippen molar-refractivity contribution in [1.29, 1.82) is 0 Å². The molecule has 3 aliphatic heterocycles. The van der Waals surface area contributed by atoms with E-state index >= 15 is 8.78 Å². The number of hydrogen-bond acceptors (Lipinski definition) is 10. The molecule has 0 radical (unpaired) electrons. The summed E-state index contributed by atoms with van der Waals surface area (Å²) in [6.45, 7) is 3.54. The molecule has 1 aromatic carbocycles. The smallest absolute Gasteiger partial charge is 0.338 e. The minimum atomic E-state index is -3.18. The van der Waals surface area contributed by atoms with Gasteiger partial charge in [-0.05, 0) is 50.8 Å². The first kappa shape index (κ1) is 32.0. The number of alkyl halides is 2. The van der Waals surface area contributed by atoms with E-state index < -0.39 is 59.8 Å². The molecule has 0 unspecified atom stereocenters. The molecule has 2 fully saturated rings. The van der Waals surface area contributed by atoms with Gasteiger partial charge >= 0.3 is 11.9 Å². The summed E-state index contributed by atoms with van der Waals surface area (Å²) >= 11 is 1.25. The molecule has 238 valence electrons. The summed E-state index contributed by atoms with van der Waals surface area (Å²) in [6.07, 6.45) is 1.66. The van der Waals surface area contributed by atoms with Gasteiger partial charge in [0.2, 0.25) is 0 Å². The number of halogens is 4. The molecule has 10 nitrogen and oxygen atoms in total. The molecule has 0 aliphatic carbocycles. The molecule has 0 spiro atoms. The van der Waals surface area contributed by atoms with Gasteiger partial charge in [-0.25, -0.2) is 32.1 Å². The highest BCUT2D eigenvalue weighted by Gasteiger charge is 2.59. The highest BCUT2D eigenvalue weighted by atomic mass is 32.1. The van der Waals surface area contributed by atoms with Gasteiger partial charge in [-0.15, -0.1) is 11.3 Å². The number of nitrogens with one attached hydrogen (secondary N) is 1. The Morgan fingerprint density at radius 2 is 2.02 bits per heavy atom. The SMILES string of the molecule is CCOC(=O)C1=C(CN2CC(F)(F)[C@H]3[C@@H]2CCN3CC[C@](C)(O)C(=O)O)NC(c2nccs2)=N[C@@H]1c1ccc(F)c(F)c1C. The summed E-state index contributed by atoms with van der Waals surface area (Å²) in [5.74, 6) is -7.31. The van der Waals surface area contributed by atoms with Crippen molar-refractivity contribution in [2.24, 2.45) is 4.99 Å². The number of thiazole rings is 1. The van der Waals surface area contributed by atoms with Gasteiger partial charge in [0.1, 0.15) is 6.04 Å². The first-order chi connectivity index (χ1) is 20.7. The maximum atomic E-state index is 15.6. The standard InChI is InChI=1S/C29H33F4N5O5S/c1-4-43-26(39)20-18(13-38-14-29(32,33)23-19(38)7-10-37(23)11-8-28(3,42)27(40)41)35-24(25-34-9-12-44-25)36-22(20)16-5-6-17(30)21(31)15(16)2/h5-6,9,12,19,22-23,42H,4,7-8,10-11,13-14H2,1-3H3,(H,35,36)(H,40,41)/t19-,22+,23+,28-/m0/s1. The average Bonchev–Trinajstić information content (AvgIpc) is 3.70. The number of esters is 1. The fourth-order valence-electron chi connectivity index (χ4n) is 6.15. The second kappa shape index (κ2) is 12.2. The van der Waals surface area contributed by atoms with Crippen LogP contribution in [-0.4, -0.2) is 99.2 Å². The summed E-state index contributed by atoms with van der Waals surface area (Å²) in [7, 11) is 0. The van der Waals surface area contributed by atoms with Gasteiger partial charge in [0.25, 0.3) is 5.92 Å². The summed E-state index contributed by atoms with van der Waals surface area (Å²) in [5.41, 5.74) is -1.70. The zero-order valence-electron chi connectivity index (χ0n) is 24.3. The maximum Gasteiger partial charge on any atom is 0.338 e. The number of nitrogens with zero attached hydrogens (tertiary/aromatic N) is 4. The molecule has 0 amide bonds. The Labute approximate surface area is 255 Å². The lowest BCUT2D eigenvalue weighted by molar-refractivity contribution is -0.157. The fourth-order valence-corrected chi connectivity index (χ4v) is 6.74. The average molecular weight is 640 g/mol. The summed E-state index contributed by atoms with van der Waals surface area (Å²) in [5, 5.41) is 24.7. The van der Waals surface area contributed by atoms with Crippen LogP contribution in [0.15, 0.2) is 40.0 Å². The van der Waals surface area contributed by atoms with E-state index in [0.29, 0.717) is 11.4 Å². The van der Waals surface area contributed by atoms with Gasteiger partial charge in [-0.3, -0.25) is 14.8 Å². The lowest BCUT2D eigenvalue weighted by Gasteiger charge is -2.31. The van der Waals surface area contributed by atoms with Gasteiger partial charge < -0.3 is 20.3 Å². The van der Waals surface area contributed by atoms with Crippen LogP contribution in [0.1, 0.15) is 48.9 Å². The molecule has 4 heterocycles. The monoisotopic (exact) mass is 639 g/mol. The molecule has 44 heavy (non-hydrogen) atoms. The predicted molar refractivity (Wildman–Crippen MR) is 152 cm³/mol. The van der Waals surface area contributed by atoms with Crippen molar-refractivity contribution in [3.8, 4) is 0 Å². The number of carboxylic acids is 1. The van der Waals surface area contributed by atoms with Crippen LogP contribution in [0.2, 0.25) is 0 Å². The molecule has 0 saturated carbocycles. The van der Waals surface area contributed by atoms with Gasteiger partial charge in [-0.2, -0.15) is 0 Å². The van der Waals surface area contributed by atoms with Crippen molar-refractivity contribution in [3.63, 3.8) is 0 Å². The number of aromatic nitrogens is 1. The molecule has 5 rings (SSSR count). The fraction of sp³-hybridized carbons (Fsp3) is 0.517. The summed E-state index contributed by atoms with van der Waals surface area (Å²) in [6, 6.07) is -0.746. The van der Waals surface area contributed by atoms with Crippen LogP contribution in [0, 0.1) is 18.6 Å². The quantitative estimate of drug-likeness (QED) is 0.265. The zero-order valence-corrected chi connectivity index (χ0v) is 25.1. The number of fused-ring (bicyclic) bond motifs is 1. The maximum absolute atomic E-state index is 15.6. The third kappa shape index (κ3) is 5.97. The molecule has 3 N–H and O–H groups in total. The number of carbonyl (C=O) groups is 2. The van der Waals surface area contributed by atoms with Crippen LogP contribution < -0.4 is 5.32 Å². The van der Waals surface area contributed by atoms with E-state index in [0.717, 1.165) is 13.0 Å². The Morgan fingerprint density at radius 1 is 1.27 bits per heavy atom. The van der Waals surface area contributed by atoms with Crippen molar-refractivity contribution in [2.75, 3.05) is 32.8 Å². The lowest BCUT2D eigenvalue weighted by atomic mass is 9.92. The normalized spacial score (nSPS) is 24.9. The Kier molecular flexibility index (Phi) is 8.86. The number of benzene rings is 1. The Morgan fingerprint density at radius 3 is 2.68 bits per heavy atom. The van der Waals surface area contributed by atoms with E-state index in [-0.39, 0.29) is 60.9 Å². The number of likely N-dealkylation sites (tertiary alicyclic amines) is 2. The number of aliphatic carboxylic acids is 1. The van der Waals surface area contributed by atoms with E-state index in [1.807, 2.05) is 0 Å². The minimum absolute atomic E-state index is 0.00368. The van der Waals surface area contributed by atoms with Crippen molar-refractivity contribution in [3.05, 3.63) is 62.7 Å². The van der Waals surface area contributed by atoms with Crippen LogP contribution in [0.25, 0.3) is 0 Å². The van der Waals surface area contributed by atoms with Gasteiger partial charge in [0.05, 0.1) is 24.8 Å². The Bertz CT molecular complexity index is 1500. The van der Waals surface area contributed by atoms with Crippen molar-refractivity contribution >= 4 is 29.1 Å². The number of carboxylic acid groups (broad SMARTS) is 1. The second-order valence-electron chi connectivity index (χ2n) is 11.4. The van der Waals surface area contributed by atoms with Gasteiger partial charge in [0, 0.05) is 43.0 Å². The molecular formula is C29H33F4N5O5S. The Hall–Kier alpha value is -3.40. The minimum Gasteiger partial charge on any atom is -0.479 e. The number of amidine groups is 1. The number of aliphatic hydroxyl groups is 1. The number of carbonyl (C=O) groups excluding carboxylic acids is 1. The Balaban J connectivity index is 1.52. The second-order valence-corrected chi connectivity index (χ2v) is 12.3. The third-order valence-corrected chi connectivity index (χ3v) is 9.21. The number of hydrogen-bond donors (Lipinski definition) is 3. The summed E-state index contributed by atoms with van der Waals surface area (Å²) in [4.78, 5) is 36.8. The van der Waals surface area contributed by atoms with Crippen LogP contribution in [-0.2, 0) is 14.3 Å². The highest BCUT2D eigenvalue weighted by Crippen LogP contribution is 2.43. The van der Waals surface area contributed by atoms with Gasteiger partial charge in [-0.1, -0.05) is 6.07 Å². The van der Waals surface area contributed by atoms with Crippen molar-refractivity contribution in [1.82, 2.24) is 20.1 Å². The largest absolute Gasteiger partial charge is 0.479 e. The topological polar surface area (TPSA) is 128 Å². The molecule has 2 aromatic rings. The van der Waals surface area contributed by atoms with Crippen molar-refractivity contribution in [2.45, 2.75) is 63.3 Å². The van der Waals surface area contributed by atoms with E-state index in [2.05, 4.69) is 15.3 Å². The van der Waals surface area contributed by atoms with Crippen LogP contribution in [0.4, 0.5) is 17.6 Å². The third-order valence-electron chi connectivity index (χ3n) is 8.43. The molecule has 15 heteroatoms. The van der Waals surface area contributed by atoms with E-state index in [1.54, 1.807) is 23.4 Å². The molecule has 4 atom stereocenters. The number of ether oxygens (including phenoxy) is 1. The zero-order chi connectivity index (χ0) is 32.0.